The SMILES string of the molecule is CCN1CCCC1CNC(=O)c1cnn(C(C)(C)C)c1. The molecule has 1 aliphatic rings. The minimum absolute atomic E-state index is 0.0246. The summed E-state index contributed by atoms with van der Waals surface area (Å²) < 4.78 is 1.83. The Morgan fingerprint density at radius 1 is 1.50 bits per heavy atom. The van der Waals surface area contributed by atoms with E-state index in [1.807, 2.05) is 10.9 Å². The lowest BCUT2D eigenvalue weighted by atomic mass is 10.1. The summed E-state index contributed by atoms with van der Waals surface area (Å²) in [5, 5.41) is 7.30. The molecule has 1 aromatic rings. The summed E-state index contributed by atoms with van der Waals surface area (Å²) in [4.78, 5) is 14.6. The van der Waals surface area contributed by atoms with Gasteiger partial charge in [0.2, 0.25) is 0 Å². The van der Waals surface area contributed by atoms with Crippen molar-refractivity contribution in [3.63, 3.8) is 0 Å². The standard InChI is InChI=1S/C15H26N4O/c1-5-18-8-6-7-13(18)10-16-14(20)12-9-17-19(11-12)15(2,3)4/h9,11,13H,5-8,10H2,1-4H3,(H,16,20). The van der Waals surface area contributed by atoms with Gasteiger partial charge in [-0.05, 0) is 46.7 Å². The Morgan fingerprint density at radius 2 is 2.25 bits per heavy atom. The van der Waals surface area contributed by atoms with Crippen molar-refractivity contribution in [1.82, 2.24) is 20.0 Å². The molecule has 0 spiro atoms. The fraction of sp³-hybridized carbons (Fsp3) is 0.733. The van der Waals surface area contributed by atoms with Crippen molar-refractivity contribution in [3.8, 4) is 0 Å². The normalized spacial score (nSPS) is 20.3. The number of nitrogens with one attached hydrogen (secondary N) is 1. The number of amides is 1. The van der Waals surface area contributed by atoms with Gasteiger partial charge in [-0.2, -0.15) is 5.10 Å². The van der Waals surface area contributed by atoms with Gasteiger partial charge in [0.05, 0.1) is 17.3 Å². The molecule has 1 amide bonds. The zero-order valence-electron chi connectivity index (χ0n) is 13.0. The first-order valence-corrected chi connectivity index (χ1v) is 7.49. The predicted octanol–water partition coefficient (Wildman–Crippen LogP) is 1.85. The number of carbonyl (C=O) groups excluding carboxylic acids is 1. The lowest BCUT2D eigenvalue weighted by Crippen LogP contribution is -2.40. The van der Waals surface area contributed by atoms with Gasteiger partial charge in [0.15, 0.2) is 0 Å². The Morgan fingerprint density at radius 3 is 2.85 bits per heavy atom. The van der Waals surface area contributed by atoms with E-state index in [4.69, 9.17) is 0 Å². The number of likely N-dealkylation sites (tertiary alicyclic amines) is 1. The molecule has 1 N–H and O–H groups in total. The smallest absolute Gasteiger partial charge is 0.254 e. The molecule has 2 rings (SSSR count). The van der Waals surface area contributed by atoms with Crippen molar-refractivity contribution < 1.29 is 4.79 Å². The zero-order valence-corrected chi connectivity index (χ0v) is 13.0. The Hall–Kier alpha value is -1.36. The third kappa shape index (κ3) is 3.39. The fourth-order valence-electron chi connectivity index (χ4n) is 2.66. The average molecular weight is 278 g/mol. The first-order valence-electron chi connectivity index (χ1n) is 7.49. The van der Waals surface area contributed by atoms with Gasteiger partial charge in [0.1, 0.15) is 0 Å². The number of rotatable bonds is 4. The van der Waals surface area contributed by atoms with Crippen molar-refractivity contribution in [3.05, 3.63) is 18.0 Å². The van der Waals surface area contributed by atoms with Crippen LogP contribution in [0.4, 0.5) is 0 Å². The number of likely N-dealkylation sites (N-methyl/N-ethyl adjacent to an activating group) is 1. The van der Waals surface area contributed by atoms with E-state index in [0.29, 0.717) is 11.6 Å². The lowest BCUT2D eigenvalue weighted by molar-refractivity contribution is 0.0941. The topological polar surface area (TPSA) is 50.2 Å². The van der Waals surface area contributed by atoms with Gasteiger partial charge in [-0.25, -0.2) is 0 Å². The minimum atomic E-state index is -0.0943. The van der Waals surface area contributed by atoms with Crippen molar-refractivity contribution in [1.29, 1.82) is 0 Å². The highest BCUT2D eigenvalue weighted by Gasteiger charge is 2.24. The Labute approximate surface area is 121 Å². The molecule has 1 saturated heterocycles. The first-order chi connectivity index (χ1) is 9.41. The van der Waals surface area contributed by atoms with E-state index in [9.17, 15) is 4.79 Å². The summed E-state index contributed by atoms with van der Waals surface area (Å²) in [6.45, 7) is 11.3. The van der Waals surface area contributed by atoms with Crippen molar-refractivity contribution in [2.75, 3.05) is 19.6 Å². The second-order valence-corrected chi connectivity index (χ2v) is 6.48. The zero-order chi connectivity index (χ0) is 14.8. The molecule has 20 heavy (non-hydrogen) atoms. The molecule has 1 aliphatic heterocycles. The molecule has 1 fully saturated rings. The quantitative estimate of drug-likeness (QED) is 0.914. The monoisotopic (exact) mass is 278 g/mol. The van der Waals surface area contributed by atoms with E-state index < -0.39 is 0 Å². The molecule has 2 heterocycles. The number of hydrogen-bond acceptors (Lipinski definition) is 3. The van der Waals surface area contributed by atoms with E-state index in [0.717, 1.165) is 19.6 Å². The van der Waals surface area contributed by atoms with Gasteiger partial charge in [-0.3, -0.25) is 14.4 Å². The van der Waals surface area contributed by atoms with E-state index in [2.05, 4.69) is 43.0 Å². The van der Waals surface area contributed by atoms with Crippen LogP contribution in [-0.2, 0) is 5.54 Å². The Kier molecular flexibility index (Phi) is 4.48. The van der Waals surface area contributed by atoms with Crippen LogP contribution in [0.15, 0.2) is 12.4 Å². The minimum Gasteiger partial charge on any atom is -0.350 e. The fourth-order valence-corrected chi connectivity index (χ4v) is 2.66. The molecule has 0 radical (unpaired) electrons. The second kappa shape index (κ2) is 5.95. The molecule has 0 aromatic carbocycles. The van der Waals surface area contributed by atoms with E-state index >= 15 is 0 Å². The van der Waals surface area contributed by atoms with Crippen LogP contribution in [0.1, 0.15) is 50.9 Å². The molecule has 0 saturated carbocycles. The predicted molar refractivity (Wildman–Crippen MR) is 79.8 cm³/mol. The van der Waals surface area contributed by atoms with Gasteiger partial charge in [0.25, 0.3) is 5.91 Å². The van der Waals surface area contributed by atoms with Crippen LogP contribution in [0.25, 0.3) is 0 Å². The van der Waals surface area contributed by atoms with Crippen LogP contribution < -0.4 is 5.32 Å². The Bertz CT molecular complexity index is 461. The van der Waals surface area contributed by atoms with Crippen LogP contribution in [0.5, 0.6) is 0 Å². The van der Waals surface area contributed by atoms with E-state index in [1.165, 1.54) is 12.8 Å². The summed E-state index contributed by atoms with van der Waals surface area (Å²) in [5.74, 6) is -0.0246. The largest absolute Gasteiger partial charge is 0.350 e. The summed E-state index contributed by atoms with van der Waals surface area (Å²) in [6, 6.07) is 0.488. The van der Waals surface area contributed by atoms with Gasteiger partial charge in [-0.1, -0.05) is 6.92 Å². The number of carbonyl (C=O) groups is 1. The maximum atomic E-state index is 12.2. The number of nitrogens with zero attached hydrogens (tertiary/aromatic N) is 3. The van der Waals surface area contributed by atoms with Gasteiger partial charge >= 0.3 is 0 Å². The molecule has 5 nitrogen and oxygen atoms in total. The van der Waals surface area contributed by atoms with Crippen LogP contribution in [0, 0.1) is 0 Å². The summed E-state index contributed by atoms with van der Waals surface area (Å²) in [5.41, 5.74) is 0.546. The van der Waals surface area contributed by atoms with Crippen molar-refractivity contribution in [2.24, 2.45) is 0 Å². The van der Waals surface area contributed by atoms with Gasteiger partial charge in [-0.15, -0.1) is 0 Å². The summed E-state index contributed by atoms with van der Waals surface area (Å²) >= 11 is 0. The molecule has 112 valence electrons. The number of aromatic nitrogens is 2. The van der Waals surface area contributed by atoms with Gasteiger partial charge < -0.3 is 5.32 Å². The summed E-state index contributed by atoms with van der Waals surface area (Å²) in [6.07, 6.45) is 5.88. The van der Waals surface area contributed by atoms with Gasteiger partial charge in [0, 0.05) is 18.8 Å². The van der Waals surface area contributed by atoms with Crippen LogP contribution >= 0.6 is 0 Å². The van der Waals surface area contributed by atoms with Crippen LogP contribution in [0.3, 0.4) is 0 Å². The van der Waals surface area contributed by atoms with E-state index in [1.54, 1.807) is 6.20 Å². The van der Waals surface area contributed by atoms with Crippen LogP contribution in [-0.4, -0.2) is 46.3 Å². The third-order valence-corrected chi connectivity index (χ3v) is 3.94. The lowest BCUT2D eigenvalue weighted by Gasteiger charge is -2.22. The molecule has 1 unspecified atom stereocenters. The maximum Gasteiger partial charge on any atom is 0.254 e. The molecular weight excluding hydrogens is 252 g/mol. The third-order valence-electron chi connectivity index (χ3n) is 3.94. The Balaban J connectivity index is 1.90. The highest BCUT2D eigenvalue weighted by Crippen LogP contribution is 2.16. The first kappa shape index (κ1) is 15.0. The second-order valence-electron chi connectivity index (χ2n) is 6.48. The van der Waals surface area contributed by atoms with E-state index in [-0.39, 0.29) is 11.4 Å². The molecule has 0 aliphatic carbocycles. The molecule has 0 bridgehead atoms. The highest BCUT2D eigenvalue weighted by atomic mass is 16.1. The van der Waals surface area contributed by atoms with Crippen LogP contribution in [0.2, 0.25) is 0 Å². The van der Waals surface area contributed by atoms with Crippen molar-refractivity contribution >= 4 is 5.91 Å². The molecule has 1 atom stereocenters. The average Bonchev–Trinajstić information content (AvgIpc) is 3.03. The van der Waals surface area contributed by atoms with Crippen molar-refractivity contribution in [2.45, 2.75) is 52.1 Å². The molecule has 1 aromatic heterocycles. The summed E-state index contributed by atoms with van der Waals surface area (Å²) in [7, 11) is 0. The molecule has 5 heteroatoms. The highest BCUT2D eigenvalue weighted by molar-refractivity contribution is 5.93. The molecular formula is C15H26N4O. The maximum absolute atomic E-state index is 12.2. The number of hydrogen-bond donors (Lipinski definition) is 1.